The van der Waals surface area contributed by atoms with Crippen molar-refractivity contribution in [1.82, 2.24) is 15.3 Å². The second kappa shape index (κ2) is 6.39. The van der Waals surface area contributed by atoms with Gasteiger partial charge in [0.2, 0.25) is 0 Å². The molecule has 0 saturated carbocycles. The largest absolute Gasteiger partial charge is 0.356 e. The molecule has 0 radical (unpaired) electrons. The van der Waals surface area contributed by atoms with Crippen LogP contribution >= 0.6 is 0 Å². The zero-order valence-corrected chi connectivity index (χ0v) is 12.9. The third-order valence-corrected chi connectivity index (χ3v) is 4.25. The maximum absolute atomic E-state index is 4.53. The highest BCUT2D eigenvalue weighted by Gasteiger charge is 2.21. The summed E-state index contributed by atoms with van der Waals surface area (Å²) in [6.07, 6.45) is 4.15. The van der Waals surface area contributed by atoms with Gasteiger partial charge >= 0.3 is 0 Å². The van der Waals surface area contributed by atoms with Crippen LogP contribution in [0.4, 0.5) is 5.82 Å². The van der Waals surface area contributed by atoms with Crippen molar-refractivity contribution in [1.29, 1.82) is 0 Å². The van der Waals surface area contributed by atoms with Crippen molar-refractivity contribution in [3.63, 3.8) is 0 Å². The summed E-state index contributed by atoms with van der Waals surface area (Å²) in [6.45, 7) is 7.73. The number of anilines is 1. The van der Waals surface area contributed by atoms with E-state index in [-0.39, 0.29) is 0 Å². The monoisotopic (exact) mass is 284 g/mol. The third-order valence-electron chi connectivity index (χ3n) is 4.25. The van der Waals surface area contributed by atoms with E-state index in [0.717, 1.165) is 36.9 Å². The van der Waals surface area contributed by atoms with Crippen molar-refractivity contribution in [2.45, 2.75) is 32.7 Å². The molecular formula is C17H24N4. The van der Waals surface area contributed by atoms with Gasteiger partial charge in [0, 0.05) is 24.5 Å². The van der Waals surface area contributed by atoms with Crippen LogP contribution in [0.25, 0.3) is 10.9 Å². The molecule has 1 aromatic carbocycles. The van der Waals surface area contributed by atoms with Gasteiger partial charge in [-0.2, -0.15) is 0 Å². The van der Waals surface area contributed by atoms with Crippen LogP contribution in [0.1, 0.15) is 26.7 Å². The van der Waals surface area contributed by atoms with E-state index in [1.165, 1.54) is 18.2 Å². The van der Waals surface area contributed by atoms with Crippen molar-refractivity contribution in [2.75, 3.05) is 24.5 Å². The minimum Gasteiger partial charge on any atom is -0.356 e. The fourth-order valence-corrected chi connectivity index (χ4v) is 2.99. The molecule has 0 unspecified atom stereocenters. The fourth-order valence-electron chi connectivity index (χ4n) is 2.99. The first-order valence-corrected chi connectivity index (χ1v) is 7.92. The quantitative estimate of drug-likeness (QED) is 0.937. The standard InChI is InChI=1S/C17H24N4/c1-13(2)18-11-14-7-9-21(10-8-14)17-15-5-3-4-6-16(15)19-12-20-17/h3-6,12-14,18H,7-11H2,1-2H3. The first kappa shape index (κ1) is 14.3. The lowest BCUT2D eigenvalue weighted by Crippen LogP contribution is -2.39. The van der Waals surface area contributed by atoms with Crippen LogP contribution < -0.4 is 10.2 Å². The number of benzene rings is 1. The van der Waals surface area contributed by atoms with Crippen LogP contribution in [0.15, 0.2) is 30.6 Å². The predicted molar refractivity (Wildman–Crippen MR) is 87.6 cm³/mol. The van der Waals surface area contributed by atoms with Gasteiger partial charge < -0.3 is 10.2 Å². The topological polar surface area (TPSA) is 41.0 Å². The van der Waals surface area contributed by atoms with Crippen molar-refractivity contribution < 1.29 is 0 Å². The van der Waals surface area contributed by atoms with Crippen LogP contribution in [0, 0.1) is 5.92 Å². The Balaban J connectivity index is 1.68. The Kier molecular flexibility index (Phi) is 4.34. The molecule has 4 nitrogen and oxygen atoms in total. The SMILES string of the molecule is CC(C)NCC1CCN(c2ncnc3ccccc23)CC1. The highest BCUT2D eigenvalue weighted by molar-refractivity contribution is 5.89. The molecule has 0 amide bonds. The summed E-state index contributed by atoms with van der Waals surface area (Å²) in [5.41, 5.74) is 1.03. The van der Waals surface area contributed by atoms with Gasteiger partial charge in [0.1, 0.15) is 12.1 Å². The lowest BCUT2D eigenvalue weighted by Gasteiger charge is -2.33. The molecule has 1 aromatic heterocycles. The number of nitrogens with zero attached hydrogens (tertiary/aromatic N) is 3. The van der Waals surface area contributed by atoms with Gasteiger partial charge in [-0.25, -0.2) is 9.97 Å². The highest BCUT2D eigenvalue weighted by atomic mass is 15.2. The van der Waals surface area contributed by atoms with E-state index < -0.39 is 0 Å². The summed E-state index contributed by atoms with van der Waals surface area (Å²) in [5.74, 6) is 1.88. The molecule has 4 heteroatoms. The Morgan fingerprint density at radius 3 is 2.71 bits per heavy atom. The molecule has 1 aliphatic rings. The number of nitrogens with one attached hydrogen (secondary N) is 1. The van der Waals surface area contributed by atoms with Gasteiger partial charge in [-0.15, -0.1) is 0 Å². The van der Waals surface area contributed by atoms with Crippen molar-refractivity contribution >= 4 is 16.7 Å². The number of aromatic nitrogens is 2. The summed E-state index contributed by atoms with van der Waals surface area (Å²) in [5, 5.41) is 4.72. The summed E-state index contributed by atoms with van der Waals surface area (Å²) in [4.78, 5) is 11.3. The molecule has 0 bridgehead atoms. The van der Waals surface area contributed by atoms with Gasteiger partial charge in [-0.05, 0) is 37.4 Å². The van der Waals surface area contributed by atoms with E-state index in [0.29, 0.717) is 6.04 Å². The molecule has 2 heterocycles. The second-order valence-electron chi connectivity index (χ2n) is 6.21. The van der Waals surface area contributed by atoms with Gasteiger partial charge in [0.05, 0.1) is 5.52 Å². The third kappa shape index (κ3) is 3.32. The van der Waals surface area contributed by atoms with E-state index in [1.807, 2.05) is 6.07 Å². The average Bonchev–Trinajstić information content (AvgIpc) is 2.53. The lowest BCUT2D eigenvalue weighted by atomic mass is 9.96. The average molecular weight is 284 g/mol. The second-order valence-corrected chi connectivity index (χ2v) is 6.21. The summed E-state index contributed by atoms with van der Waals surface area (Å²) < 4.78 is 0. The number of piperidine rings is 1. The molecule has 1 saturated heterocycles. The normalized spacial score (nSPS) is 16.8. The van der Waals surface area contributed by atoms with E-state index in [2.05, 4.69) is 52.2 Å². The minimum absolute atomic E-state index is 0.578. The van der Waals surface area contributed by atoms with E-state index in [1.54, 1.807) is 6.33 Å². The first-order chi connectivity index (χ1) is 10.2. The molecule has 21 heavy (non-hydrogen) atoms. The summed E-state index contributed by atoms with van der Waals surface area (Å²) >= 11 is 0. The number of rotatable bonds is 4. The van der Waals surface area contributed by atoms with Gasteiger partial charge in [0.15, 0.2) is 0 Å². The van der Waals surface area contributed by atoms with Gasteiger partial charge in [-0.1, -0.05) is 26.0 Å². The molecule has 2 aromatic rings. The zero-order chi connectivity index (χ0) is 14.7. The Morgan fingerprint density at radius 2 is 1.95 bits per heavy atom. The molecule has 1 aliphatic heterocycles. The van der Waals surface area contributed by atoms with E-state index in [9.17, 15) is 0 Å². The smallest absolute Gasteiger partial charge is 0.139 e. The number of fused-ring (bicyclic) bond motifs is 1. The van der Waals surface area contributed by atoms with Crippen molar-refractivity contribution in [3.05, 3.63) is 30.6 Å². The van der Waals surface area contributed by atoms with E-state index >= 15 is 0 Å². The molecule has 1 N–H and O–H groups in total. The van der Waals surface area contributed by atoms with Gasteiger partial charge in [0.25, 0.3) is 0 Å². The molecule has 0 aliphatic carbocycles. The molecule has 112 valence electrons. The van der Waals surface area contributed by atoms with Crippen LogP contribution in [-0.4, -0.2) is 35.6 Å². The Hall–Kier alpha value is -1.68. The van der Waals surface area contributed by atoms with E-state index in [4.69, 9.17) is 0 Å². The lowest BCUT2D eigenvalue weighted by molar-refractivity contribution is 0.370. The fraction of sp³-hybridized carbons (Fsp3) is 0.529. The number of hydrogen-bond acceptors (Lipinski definition) is 4. The minimum atomic E-state index is 0.578. The number of hydrogen-bond donors (Lipinski definition) is 1. The molecule has 1 fully saturated rings. The van der Waals surface area contributed by atoms with Crippen LogP contribution in [0.3, 0.4) is 0 Å². The Morgan fingerprint density at radius 1 is 1.19 bits per heavy atom. The Bertz CT molecular complexity index is 583. The maximum atomic E-state index is 4.53. The summed E-state index contributed by atoms with van der Waals surface area (Å²) in [6, 6.07) is 8.85. The number of para-hydroxylation sites is 1. The van der Waals surface area contributed by atoms with Crippen LogP contribution in [-0.2, 0) is 0 Å². The Labute approximate surface area is 126 Å². The highest BCUT2D eigenvalue weighted by Crippen LogP contribution is 2.26. The molecule has 0 spiro atoms. The predicted octanol–water partition coefficient (Wildman–Crippen LogP) is 2.84. The molecular weight excluding hydrogens is 260 g/mol. The van der Waals surface area contributed by atoms with Crippen molar-refractivity contribution in [3.8, 4) is 0 Å². The van der Waals surface area contributed by atoms with Gasteiger partial charge in [-0.3, -0.25) is 0 Å². The van der Waals surface area contributed by atoms with Crippen LogP contribution in [0.2, 0.25) is 0 Å². The molecule has 3 rings (SSSR count). The summed E-state index contributed by atoms with van der Waals surface area (Å²) in [7, 11) is 0. The molecule has 0 atom stereocenters. The van der Waals surface area contributed by atoms with Crippen molar-refractivity contribution in [2.24, 2.45) is 5.92 Å². The first-order valence-electron chi connectivity index (χ1n) is 7.92. The zero-order valence-electron chi connectivity index (χ0n) is 12.9. The maximum Gasteiger partial charge on any atom is 0.139 e. The van der Waals surface area contributed by atoms with Crippen LogP contribution in [0.5, 0.6) is 0 Å².